The molecule has 0 saturated heterocycles. The summed E-state index contributed by atoms with van der Waals surface area (Å²) in [6.07, 6.45) is 0. The van der Waals surface area contributed by atoms with E-state index in [0.717, 1.165) is 10.0 Å². The summed E-state index contributed by atoms with van der Waals surface area (Å²) in [7, 11) is 0. The van der Waals surface area contributed by atoms with E-state index in [1.165, 1.54) is 6.92 Å². The molecule has 1 aliphatic rings. The predicted octanol–water partition coefficient (Wildman–Crippen LogP) is 3.09. The Morgan fingerprint density at radius 2 is 2.27 bits per heavy atom. The number of ketones is 1. The molecular formula is C16H15BrN2O3. The lowest BCUT2D eigenvalue weighted by Gasteiger charge is -2.27. The Labute approximate surface area is 137 Å². The molecule has 6 heteroatoms. The fourth-order valence-corrected chi connectivity index (χ4v) is 2.76. The molecule has 0 fully saturated rings. The third-order valence-electron chi connectivity index (χ3n) is 3.22. The number of carbonyl (C=O) groups is 1. The van der Waals surface area contributed by atoms with Gasteiger partial charge in [-0.25, -0.2) is 0 Å². The highest BCUT2D eigenvalue weighted by Crippen LogP contribution is 2.40. The second-order valence-electron chi connectivity index (χ2n) is 4.67. The van der Waals surface area contributed by atoms with Crippen molar-refractivity contribution in [1.82, 2.24) is 0 Å². The minimum absolute atomic E-state index is 0.0408. The van der Waals surface area contributed by atoms with Crippen molar-refractivity contribution in [1.29, 1.82) is 5.26 Å². The van der Waals surface area contributed by atoms with Crippen molar-refractivity contribution < 1.29 is 14.3 Å². The number of nitrogens with zero attached hydrogens (tertiary/aromatic N) is 1. The quantitative estimate of drug-likeness (QED) is 0.889. The Kier molecular flexibility index (Phi) is 4.88. The second-order valence-corrected chi connectivity index (χ2v) is 5.59. The SMILES string of the molecule is CCOC1=C(C(C)=O)[C@@H](c2cccc(Br)c2)C(C#N)=C(N)O1. The van der Waals surface area contributed by atoms with Crippen molar-refractivity contribution in [2.24, 2.45) is 5.73 Å². The van der Waals surface area contributed by atoms with Gasteiger partial charge in [-0.3, -0.25) is 4.79 Å². The molecule has 0 aliphatic carbocycles. The number of rotatable bonds is 4. The first-order valence-corrected chi connectivity index (χ1v) is 7.49. The number of Topliss-reactive ketones (excluding diaryl/α,β-unsaturated/α-hetero) is 1. The normalized spacial score (nSPS) is 17.8. The maximum atomic E-state index is 12.1. The zero-order chi connectivity index (χ0) is 16.3. The fourth-order valence-electron chi connectivity index (χ4n) is 2.34. The van der Waals surface area contributed by atoms with Crippen LogP contribution in [0.4, 0.5) is 0 Å². The molecule has 2 rings (SSSR count). The number of hydrogen-bond acceptors (Lipinski definition) is 5. The molecule has 1 aliphatic heterocycles. The average Bonchev–Trinajstić information content (AvgIpc) is 2.46. The van der Waals surface area contributed by atoms with Crippen LogP contribution in [0.15, 0.2) is 51.7 Å². The Morgan fingerprint density at radius 1 is 1.55 bits per heavy atom. The van der Waals surface area contributed by atoms with Gasteiger partial charge in [0.1, 0.15) is 11.6 Å². The second kappa shape index (κ2) is 6.67. The van der Waals surface area contributed by atoms with E-state index in [-0.39, 0.29) is 23.2 Å². The lowest BCUT2D eigenvalue weighted by molar-refractivity contribution is -0.114. The van der Waals surface area contributed by atoms with Gasteiger partial charge in [-0.15, -0.1) is 0 Å². The Hall–Kier alpha value is -2.26. The van der Waals surface area contributed by atoms with Gasteiger partial charge in [0.2, 0.25) is 5.88 Å². The van der Waals surface area contributed by atoms with Crippen LogP contribution >= 0.6 is 15.9 Å². The van der Waals surface area contributed by atoms with Gasteiger partial charge in [0.25, 0.3) is 5.95 Å². The standard InChI is InChI=1S/C16H15BrN2O3/c1-3-21-16-13(9(2)20)14(12(8-18)15(19)22-16)10-5-4-6-11(17)7-10/h4-7,14H,3,19H2,1-2H3/t14-/m0/s1. The van der Waals surface area contributed by atoms with E-state index in [0.29, 0.717) is 12.2 Å². The highest BCUT2D eigenvalue weighted by molar-refractivity contribution is 9.10. The molecule has 1 atom stereocenters. The molecule has 0 spiro atoms. The number of benzene rings is 1. The smallest absolute Gasteiger partial charge is 0.294 e. The van der Waals surface area contributed by atoms with Crippen LogP contribution in [0, 0.1) is 11.3 Å². The van der Waals surface area contributed by atoms with E-state index in [1.54, 1.807) is 6.92 Å². The fraction of sp³-hybridized carbons (Fsp3) is 0.250. The van der Waals surface area contributed by atoms with E-state index >= 15 is 0 Å². The van der Waals surface area contributed by atoms with Crippen LogP contribution in [0.3, 0.4) is 0 Å². The number of carbonyl (C=O) groups excluding carboxylic acids is 1. The number of nitrogens with two attached hydrogens (primary N) is 1. The molecule has 0 saturated carbocycles. The van der Waals surface area contributed by atoms with Crippen LogP contribution in [0.5, 0.6) is 0 Å². The van der Waals surface area contributed by atoms with E-state index in [2.05, 4.69) is 15.9 Å². The Morgan fingerprint density at radius 3 is 2.82 bits per heavy atom. The monoisotopic (exact) mass is 362 g/mol. The van der Waals surface area contributed by atoms with Gasteiger partial charge in [-0.05, 0) is 31.5 Å². The minimum Gasteiger partial charge on any atom is -0.465 e. The minimum atomic E-state index is -0.602. The van der Waals surface area contributed by atoms with Crippen molar-refractivity contribution in [3.05, 3.63) is 57.3 Å². The molecule has 22 heavy (non-hydrogen) atoms. The number of halogens is 1. The molecule has 1 heterocycles. The molecule has 0 unspecified atom stereocenters. The molecule has 0 amide bonds. The first-order chi connectivity index (χ1) is 10.5. The average molecular weight is 363 g/mol. The van der Waals surface area contributed by atoms with Gasteiger partial charge in [-0.1, -0.05) is 28.1 Å². The molecule has 1 aromatic carbocycles. The van der Waals surface area contributed by atoms with Crippen LogP contribution < -0.4 is 5.73 Å². The Bertz CT molecular complexity index is 716. The van der Waals surface area contributed by atoms with Crippen molar-refractivity contribution in [3.63, 3.8) is 0 Å². The van der Waals surface area contributed by atoms with E-state index in [1.807, 2.05) is 30.3 Å². The summed E-state index contributed by atoms with van der Waals surface area (Å²) in [5, 5.41) is 9.42. The predicted molar refractivity (Wildman–Crippen MR) is 84.1 cm³/mol. The van der Waals surface area contributed by atoms with Crippen LogP contribution in [-0.2, 0) is 14.3 Å². The first kappa shape index (κ1) is 16.1. The molecule has 0 aromatic heterocycles. The van der Waals surface area contributed by atoms with Crippen LogP contribution in [-0.4, -0.2) is 12.4 Å². The summed E-state index contributed by atoms with van der Waals surface area (Å²) >= 11 is 3.39. The molecule has 114 valence electrons. The van der Waals surface area contributed by atoms with Crippen molar-refractivity contribution in [2.75, 3.05) is 6.61 Å². The highest BCUT2D eigenvalue weighted by Gasteiger charge is 2.36. The third kappa shape index (κ3) is 3.00. The van der Waals surface area contributed by atoms with Gasteiger partial charge in [-0.2, -0.15) is 5.26 Å². The Balaban J connectivity index is 2.67. The maximum Gasteiger partial charge on any atom is 0.294 e. The van der Waals surface area contributed by atoms with Crippen LogP contribution in [0.2, 0.25) is 0 Å². The number of nitriles is 1. The summed E-state index contributed by atoms with van der Waals surface area (Å²) < 4.78 is 11.6. The molecule has 1 aromatic rings. The summed E-state index contributed by atoms with van der Waals surface area (Å²) in [5.74, 6) is -0.804. The molecule has 0 bridgehead atoms. The van der Waals surface area contributed by atoms with Crippen LogP contribution in [0.1, 0.15) is 25.3 Å². The molecular weight excluding hydrogens is 348 g/mol. The summed E-state index contributed by atoms with van der Waals surface area (Å²) in [6, 6.07) is 9.41. The number of ether oxygens (including phenoxy) is 2. The van der Waals surface area contributed by atoms with Crippen molar-refractivity contribution in [2.45, 2.75) is 19.8 Å². The van der Waals surface area contributed by atoms with E-state index in [9.17, 15) is 10.1 Å². The number of allylic oxidation sites excluding steroid dienone is 2. The topological polar surface area (TPSA) is 85.3 Å². The zero-order valence-corrected chi connectivity index (χ0v) is 13.8. The van der Waals surface area contributed by atoms with Gasteiger partial charge in [0.05, 0.1) is 18.1 Å². The van der Waals surface area contributed by atoms with E-state index in [4.69, 9.17) is 15.2 Å². The van der Waals surface area contributed by atoms with Gasteiger partial charge < -0.3 is 15.2 Å². The highest BCUT2D eigenvalue weighted by atomic mass is 79.9. The summed E-state index contributed by atoms with van der Waals surface area (Å²) in [5.41, 5.74) is 7.10. The summed E-state index contributed by atoms with van der Waals surface area (Å²) in [4.78, 5) is 12.1. The van der Waals surface area contributed by atoms with Gasteiger partial charge in [0.15, 0.2) is 5.78 Å². The van der Waals surface area contributed by atoms with Gasteiger partial charge in [0, 0.05) is 4.47 Å². The van der Waals surface area contributed by atoms with E-state index < -0.39 is 5.92 Å². The molecule has 0 radical (unpaired) electrons. The van der Waals surface area contributed by atoms with Crippen molar-refractivity contribution in [3.8, 4) is 6.07 Å². The van der Waals surface area contributed by atoms with Gasteiger partial charge >= 0.3 is 0 Å². The van der Waals surface area contributed by atoms with Crippen LogP contribution in [0.25, 0.3) is 0 Å². The first-order valence-electron chi connectivity index (χ1n) is 6.70. The largest absolute Gasteiger partial charge is 0.465 e. The maximum absolute atomic E-state index is 12.1. The van der Waals surface area contributed by atoms with Crippen molar-refractivity contribution >= 4 is 21.7 Å². The lowest BCUT2D eigenvalue weighted by atomic mass is 9.82. The molecule has 2 N–H and O–H groups in total. The zero-order valence-electron chi connectivity index (χ0n) is 12.2. The number of hydrogen-bond donors (Lipinski definition) is 1. The molecule has 5 nitrogen and oxygen atoms in total. The lowest BCUT2D eigenvalue weighted by Crippen LogP contribution is -2.25. The third-order valence-corrected chi connectivity index (χ3v) is 3.72. The summed E-state index contributed by atoms with van der Waals surface area (Å²) in [6.45, 7) is 3.52.